The summed E-state index contributed by atoms with van der Waals surface area (Å²) in [7, 11) is 1.87. The summed E-state index contributed by atoms with van der Waals surface area (Å²) in [6.07, 6.45) is 0. The average Bonchev–Trinajstić information content (AvgIpc) is 2.81. The lowest BCUT2D eigenvalue weighted by Gasteiger charge is -1.96. The van der Waals surface area contributed by atoms with Gasteiger partial charge in [0, 0.05) is 30.1 Å². The van der Waals surface area contributed by atoms with Gasteiger partial charge in [-0.25, -0.2) is 4.98 Å². The third kappa shape index (κ3) is 1.78. The summed E-state index contributed by atoms with van der Waals surface area (Å²) in [6, 6.07) is 13.3. The van der Waals surface area contributed by atoms with Gasteiger partial charge in [0.2, 0.25) is 5.89 Å². The number of nitrogens with zero attached hydrogens (tertiary/aromatic N) is 1. The van der Waals surface area contributed by atoms with Crippen LogP contribution in [0.4, 0.5) is 11.4 Å². The largest absolute Gasteiger partial charge is 0.436 e. The monoisotopic (exact) mass is 239 g/mol. The molecule has 0 amide bonds. The average molecular weight is 239 g/mol. The third-order valence-corrected chi connectivity index (χ3v) is 2.81. The van der Waals surface area contributed by atoms with Crippen molar-refractivity contribution in [2.24, 2.45) is 0 Å². The van der Waals surface area contributed by atoms with Gasteiger partial charge in [0.1, 0.15) is 5.52 Å². The Balaban J connectivity index is 2.13. The predicted molar refractivity (Wildman–Crippen MR) is 73.4 cm³/mol. The minimum atomic E-state index is 0.588. The van der Waals surface area contributed by atoms with E-state index in [9.17, 15) is 0 Å². The molecule has 0 bridgehead atoms. The molecule has 0 aliphatic rings. The molecule has 1 aromatic heterocycles. The van der Waals surface area contributed by atoms with Crippen molar-refractivity contribution in [1.29, 1.82) is 0 Å². The van der Waals surface area contributed by atoms with Gasteiger partial charge in [0.25, 0.3) is 0 Å². The summed E-state index contributed by atoms with van der Waals surface area (Å²) in [6.45, 7) is 0. The van der Waals surface area contributed by atoms with Gasteiger partial charge in [-0.2, -0.15) is 0 Å². The van der Waals surface area contributed by atoms with Crippen LogP contribution in [0.25, 0.3) is 22.6 Å². The quantitative estimate of drug-likeness (QED) is 0.674. The maximum Gasteiger partial charge on any atom is 0.227 e. The standard InChI is InChI=1S/C14H13N3O/c1-16-11-5-6-12-13(8-11)18-14(17-12)9-3-2-4-10(15)7-9/h2-8,16H,15H2,1H3. The first-order chi connectivity index (χ1) is 8.76. The molecule has 3 aromatic rings. The highest BCUT2D eigenvalue weighted by Crippen LogP contribution is 2.26. The molecule has 3 rings (SSSR count). The zero-order valence-corrected chi connectivity index (χ0v) is 9.97. The molecule has 0 saturated heterocycles. The minimum Gasteiger partial charge on any atom is -0.436 e. The number of rotatable bonds is 2. The van der Waals surface area contributed by atoms with E-state index in [1.165, 1.54) is 0 Å². The topological polar surface area (TPSA) is 64.1 Å². The van der Waals surface area contributed by atoms with E-state index >= 15 is 0 Å². The molecule has 0 aliphatic carbocycles. The van der Waals surface area contributed by atoms with Crippen LogP contribution in [0.2, 0.25) is 0 Å². The Hall–Kier alpha value is -2.49. The molecule has 18 heavy (non-hydrogen) atoms. The summed E-state index contributed by atoms with van der Waals surface area (Å²) in [5.74, 6) is 0.588. The van der Waals surface area contributed by atoms with Crippen LogP contribution in [0.15, 0.2) is 46.9 Å². The second-order valence-electron chi connectivity index (χ2n) is 4.08. The molecule has 0 aliphatic heterocycles. The highest BCUT2D eigenvalue weighted by atomic mass is 16.3. The highest BCUT2D eigenvalue weighted by Gasteiger charge is 2.08. The minimum absolute atomic E-state index is 0.588. The van der Waals surface area contributed by atoms with E-state index in [0.29, 0.717) is 11.6 Å². The number of fused-ring (bicyclic) bond motifs is 1. The van der Waals surface area contributed by atoms with Crippen LogP contribution in [-0.4, -0.2) is 12.0 Å². The maximum absolute atomic E-state index is 5.76. The van der Waals surface area contributed by atoms with Gasteiger partial charge in [0.05, 0.1) is 0 Å². The fourth-order valence-electron chi connectivity index (χ4n) is 1.88. The van der Waals surface area contributed by atoms with Crippen LogP contribution in [0, 0.1) is 0 Å². The SMILES string of the molecule is CNc1ccc2nc(-c3cccc(N)c3)oc2c1. The number of aromatic nitrogens is 1. The van der Waals surface area contributed by atoms with Gasteiger partial charge in [-0.3, -0.25) is 0 Å². The van der Waals surface area contributed by atoms with E-state index in [1.54, 1.807) is 0 Å². The van der Waals surface area contributed by atoms with E-state index in [4.69, 9.17) is 10.2 Å². The Morgan fingerprint density at radius 2 is 2.06 bits per heavy atom. The zero-order chi connectivity index (χ0) is 12.5. The molecule has 0 unspecified atom stereocenters. The zero-order valence-electron chi connectivity index (χ0n) is 9.97. The van der Waals surface area contributed by atoms with Crippen molar-refractivity contribution in [3.05, 3.63) is 42.5 Å². The fourth-order valence-corrected chi connectivity index (χ4v) is 1.88. The Kier molecular flexibility index (Phi) is 2.41. The van der Waals surface area contributed by atoms with Crippen LogP contribution in [0.5, 0.6) is 0 Å². The Bertz CT molecular complexity index is 703. The highest BCUT2D eigenvalue weighted by molar-refractivity contribution is 5.80. The summed E-state index contributed by atoms with van der Waals surface area (Å²) in [5, 5.41) is 3.07. The van der Waals surface area contributed by atoms with E-state index < -0.39 is 0 Å². The molecule has 4 nitrogen and oxygen atoms in total. The fraction of sp³-hybridized carbons (Fsp3) is 0.0714. The first kappa shape index (κ1) is 10.7. The summed E-state index contributed by atoms with van der Waals surface area (Å²) in [5.41, 5.74) is 9.94. The number of hydrogen-bond donors (Lipinski definition) is 2. The lowest BCUT2D eigenvalue weighted by atomic mass is 10.2. The van der Waals surface area contributed by atoms with Crippen LogP contribution < -0.4 is 11.1 Å². The lowest BCUT2D eigenvalue weighted by molar-refractivity contribution is 0.620. The third-order valence-electron chi connectivity index (χ3n) is 2.81. The first-order valence-corrected chi connectivity index (χ1v) is 5.70. The summed E-state index contributed by atoms with van der Waals surface area (Å²) >= 11 is 0. The second kappa shape index (κ2) is 4.07. The molecule has 0 spiro atoms. The number of benzene rings is 2. The van der Waals surface area contributed by atoms with Gasteiger partial charge in [-0.15, -0.1) is 0 Å². The molecule has 0 saturated carbocycles. The summed E-state index contributed by atoms with van der Waals surface area (Å²) in [4.78, 5) is 4.45. The second-order valence-corrected chi connectivity index (χ2v) is 4.08. The number of hydrogen-bond acceptors (Lipinski definition) is 4. The Morgan fingerprint density at radius 3 is 2.83 bits per heavy atom. The molecular weight excluding hydrogens is 226 g/mol. The predicted octanol–water partition coefficient (Wildman–Crippen LogP) is 3.12. The first-order valence-electron chi connectivity index (χ1n) is 5.70. The molecule has 3 N–H and O–H groups in total. The van der Waals surface area contributed by atoms with Gasteiger partial charge in [0.15, 0.2) is 5.58 Å². The number of anilines is 2. The van der Waals surface area contributed by atoms with E-state index in [2.05, 4.69) is 10.3 Å². The van der Waals surface area contributed by atoms with Crippen LogP contribution >= 0.6 is 0 Å². The van der Waals surface area contributed by atoms with Crippen molar-refractivity contribution in [2.75, 3.05) is 18.1 Å². The van der Waals surface area contributed by atoms with Crippen molar-refractivity contribution in [1.82, 2.24) is 4.98 Å². The van der Waals surface area contributed by atoms with Crippen molar-refractivity contribution >= 4 is 22.5 Å². The number of nitrogens with one attached hydrogen (secondary N) is 1. The molecular formula is C14H13N3O. The number of nitrogens with two attached hydrogens (primary N) is 1. The molecule has 4 heteroatoms. The molecule has 0 radical (unpaired) electrons. The van der Waals surface area contributed by atoms with E-state index in [0.717, 1.165) is 22.4 Å². The Morgan fingerprint density at radius 1 is 1.17 bits per heavy atom. The van der Waals surface area contributed by atoms with Gasteiger partial charge < -0.3 is 15.5 Å². The van der Waals surface area contributed by atoms with E-state index in [-0.39, 0.29) is 0 Å². The van der Waals surface area contributed by atoms with Gasteiger partial charge in [-0.05, 0) is 30.3 Å². The maximum atomic E-state index is 5.76. The van der Waals surface area contributed by atoms with Gasteiger partial charge >= 0.3 is 0 Å². The summed E-state index contributed by atoms with van der Waals surface area (Å²) < 4.78 is 5.74. The van der Waals surface area contributed by atoms with Crippen molar-refractivity contribution in [3.8, 4) is 11.5 Å². The van der Waals surface area contributed by atoms with Crippen molar-refractivity contribution in [3.63, 3.8) is 0 Å². The van der Waals surface area contributed by atoms with Crippen LogP contribution in [0.3, 0.4) is 0 Å². The van der Waals surface area contributed by atoms with Crippen LogP contribution in [0.1, 0.15) is 0 Å². The molecule has 90 valence electrons. The Labute approximate surface area is 104 Å². The lowest BCUT2D eigenvalue weighted by Crippen LogP contribution is -1.85. The molecule has 0 fully saturated rings. The normalized spacial score (nSPS) is 10.7. The van der Waals surface area contributed by atoms with Gasteiger partial charge in [-0.1, -0.05) is 6.07 Å². The van der Waals surface area contributed by atoms with E-state index in [1.807, 2.05) is 49.5 Å². The number of oxazole rings is 1. The molecule has 1 heterocycles. The van der Waals surface area contributed by atoms with Crippen molar-refractivity contribution < 1.29 is 4.42 Å². The molecule has 2 aromatic carbocycles. The number of nitrogen functional groups attached to an aromatic ring is 1. The molecule has 0 atom stereocenters. The smallest absolute Gasteiger partial charge is 0.227 e. The van der Waals surface area contributed by atoms with Crippen molar-refractivity contribution in [2.45, 2.75) is 0 Å². The van der Waals surface area contributed by atoms with Crippen LogP contribution in [-0.2, 0) is 0 Å².